The molecule has 2 aromatic heterocycles. The quantitative estimate of drug-likeness (QED) is 0.610. The molecule has 0 radical (unpaired) electrons. The van der Waals surface area contributed by atoms with E-state index < -0.39 is 0 Å². The number of hydrogen-bond donors (Lipinski definition) is 1. The highest BCUT2D eigenvalue weighted by Crippen LogP contribution is 2.36. The van der Waals surface area contributed by atoms with Crippen LogP contribution in [0.15, 0.2) is 24.5 Å². The molecule has 2 saturated heterocycles. The zero-order valence-electron chi connectivity index (χ0n) is 19.7. The number of rotatable bonds is 5. The van der Waals surface area contributed by atoms with Crippen molar-refractivity contribution in [2.45, 2.75) is 38.8 Å². The Kier molecular flexibility index (Phi) is 5.62. The predicted octanol–water partition coefficient (Wildman–Crippen LogP) is 3.18. The van der Waals surface area contributed by atoms with Gasteiger partial charge < -0.3 is 29.0 Å². The van der Waals surface area contributed by atoms with E-state index in [1.54, 1.807) is 0 Å². The van der Waals surface area contributed by atoms with Crippen molar-refractivity contribution in [1.29, 1.82) is 0 Å². The first-order valence-electron chi connectivity index (χ1n) is 12.1. The molecule has 0 aliphatic carbocycles. The number of hydrogen-bond acceptors (Lipinski definition) is 9. The van der Waals surface area contributed by atoms with Crippen molar-refractivity contribution in [3.63, 3.8) is 0 Å². The van der Waals surface area contributed by atoms with E-state index in [2.05, 4.69) is 38.5 Å². The van der Waals surface area contributed by atoms with Crippen LogP contribution in [0.2, 0.25) is 0 Å². The van der Waals surface area contributed by atoms with Crippen LogP contribution in [0.5, 0.6) is 11.5 Å². The largest absolute Gasteiger partial charge is 0.454 e. The summed E-state index contributed by atoms with van der Waals surface area (Å²) in [5.74, 6) is 2.94. The Morgan fingerprint density at radius 1 is 1.00 bits per heavy atom. The highest BCUT2D eigenvalue weighted by atomic mass is 16.7. The molecule has 0 bridgehead atoms. The van der Waals surface area contributed by atoms with Gasteiger partial charge in [0.1, 0.15) is 0 Å². The number of benzene rings is 1. The maximum Gasteiger partial charge on any atom is 0.231 e. The molecule has 6 rings (SSSR count). The van der Waals surface area contributed by atoms with Gasteiger partial charge in [0.05, 0.1) is 19.5 Å². The van der Waals surface area contributed by atoms with Gasteiger partial charge in [-0.1, -0.05) is 0 Å². The van der Waals surface area contributed by atoms with Gasteiger partial charge in [-0.05, 0) is 38.8 Å². The molecule has 34 heavy (non-hydrogen) atoms. The van der Waals surface area contributed by atoms with Gasteiger partial charge in [0.25, 0.3) is 0 Å². The Morgan fingerprint density at radius 3 is 2.59 bits per heavy atom. The molecule has 180 valence electrons. The lowest BCUT2D eigenvalue weighted by Gasteiger charge is -2.40. The van der Waals surface area contributed by atoms with Gasteiger partial charge in [-0.3, -0.25) is 4.90 Å². The van der Waals surface area contributed by atoms with Crippen LogP contribution in [0.3, 0.4) is 0 Å². The second-order valence-corrected chi connectivity index (χ2v) is 9.35. The third kappa shape index (κ3) is 4.01. The molecule has 1 N–H and O–H groups in total. The van der Waals surface area contributed by atoms with Crippen LogP contribution in [0, 0.1) is 0 Å². The summed E-state index contributed by atoms with van der Waals surface area (Å²) in [6, 6.07) is 6.67. The molecule has 10 nitrogen and oxygen atoms in total. The molecule has 2 fully saturated rings. The number of anilines is 3. The summed E-state index contributed by atoms with van der Waals surface area (Å²) in [6.07, 6.45) is 4.06. The first-order valence-corrected chi connectivity index (χ1v) is 12.1. The Hall–Kier alpha value is -3.11. The van der Waals surface area contributed by atoms with Crippen molar-refractivity contribution in [3.8, 4) is 11.5 Å². The minimum atomic E-state index is 0.248. The van der Waals surface area contributed by atoms with Gasteiger partial charge in [-0.15, -0.1) is 0 Å². The SMILES string of the molecule is CC(C)n1cnc2c(Nc3ccc4c(c3)OCO4)nc(N3CCC(N4CCOCC4)CC3)nc21. The van der Waals surface area contributed by atoms with E-state index in [4.69, 9.17) is 24.2 Å². The number of imidazole rings is 1. The standard InChI is InChI=1S/C24H31N7O3/c1-16(2)31-14-25-21-22(26-17-3-4-19-20(13-17)34-15-33-19)27-24(28-23(21)31)30-7-5-18(6-8-30)29-9-11-32-12-10-29/h3-4,13-14,16,18H,5-12,15H2,1-2H3,(H,26,27,28). The van der Waals surface area contributed by atoms with E-state index in [-0.39, 0.29) is 12.8 Å². The van der Waals surface area contributed by atoms with Crippen molar-refractivity contribution >= 4 is 28.6 Å². The maximum atomic E-state index is 5.54. The van der Waals surface area contributed by atoms with Gasteiger partial charge in [-0.25, -0.2) is 4.98 Å². The van der Waals surface area contributed by atoms with Gasteiger partial charge in [0.2, 0.25) is 12.7 Å². The van der Waals surface area contributed by atoms with Crippen LogP contribution in [-0.4, -0.2) is 76.6 Å². The van der Waals surface area contributed by atoms with Crippen LogP contribution in [0.1, 0.15) is 32.7 Å². The smallest absolute Gasteiger partial charge is 0.231 e. The highest BCUT2D eigenvalue weighted by molar-refractivity contribution is 5.87. The minimum Gasteiger partial charge on any atom is -0.454 e. The summed E-state index contributed by atoms with van der Waals surface area (Å²) < 4.78 is 18.6. The fourth-order valence-corrected chi connectivity index (χ4v) is 5.00. The highest BCUT2D eigenvalue weighted by Gasteiger charge is 2.28. The summed E-state index contributed by atoms with van der Waals surface area (Å²) in [4.78, 5) is 19.5. The van der Waals surface area contributed by atoms with Gasteiger partial charge >= 0.3 is 0 Å². The van der Waals surface area contributed by atoms with E-state index in [0.717, 1.165) is 86.5 Å². The molecule has 0 saturated carbocycles. The number of nitrogens with zero attached hydrogens (tertiary/aromatic N) is 6. The molecule has 0 spiro atoms. The first-order chi connectivity index (χ1) is 16.7. The first kappa shape index (κ1) is 21.4. The zero-order valence-corrected chi connectivity index (χ0v) is 19.7. The van der Waals surface area contributed by atoms with Gasteiger partial charge in [0.15, 0.2) is 28.5 Å². The molecule has 0 amide bonds. The molecule has 5 heterocycles. The summed E-state index contributed by atoms with van der Waals surface area (Å²) in [6.45, 7) is 10.2. The van der Waals surface area contributed by atoms with E-state index in [1.165, 1.54) is 0 Å². The van der Waals surface area contributed by atoms with E-state index in [0.29, 0.717) is 11.9 Å². The molecule has 1 aromatic carbocycles. The molecular weight excluding hydrogens is 434 g/mol. The Labute approximate surface area is 198 Å². The Bertz CT molecular complexity index is 1170. The second kappa shape index (κ2) is 8.92. The molecular formula is C24H31N7O3. The summed E-state index contributed by atoms with van der Waals surface area (Å²) >= 11 is 0. The fourth-order valence-electron chi connectivity index (χ4n) is 5.00. The Balaban J connectivity index is 1.29. The number of aromatic nitrogens is 4. The lowest BCUT2D eigenvalue weighted by Crippen LogP contribution is -2.49. The number of ether oxygens (including phenoxy) is 3. The number of morpholine rings is 1. The monoisotopic (exact) mass is 465 g/mol. The fraction of sp³-hybridized carbons (Fsp3) is 0.542. The number of piperidine rings is 1. The topological polar surface area (TPSA) is 89.8 Å². The molecule has 3 aromatic rings. The normalized spacial score (nSPS) is 19.3. The average molecular weight is 466 g/mol. The van der Waals surface area contributed by atoms with Gasteiger partial charge in [0, 0.05) is 50.0 Å². The third-order valence-electron chi connectivity index (χ3n) is 6.91. The zero-order chi connectivity index (χ0) is 23.1. The number of fused-ring (bicyclic) bond motifs is 2. The van der Waals surface area contributed by atoms with Crippen molar-refractivity contribution in [3.05, 3.63) is 24.5 Å². The van der Waals surface area contributed by atoms with Gasteiger partial charge in [-0.2, -0.15) is 9.97 Å². The molecule has 0 unspecified atom stereocenters. The van der Waals surface area contributed by atoms with Crippen LogP contribution >= 0.6 is 0 Å². The molecule has 10 heteroatoms. The molecule has 3 aliphatic heterocycles. The van der Waals surface area contributed by atoms with Crippen molar-refractivity contribution in [2.24, 2.45) is 0 Å². The summed E-state index contributed by atoms with van der Waals surface area (Å²) in [7, 11) is 0. The van der Waals surface area contributed by atoms with Crippen LogP contribution in [0.4, 0.5) is 17.5 Å². The third-order valence-corrected chi connectivity index (χ3v) is 6.91. The van der Waals surface area contributed by atoms with Crippen molar-refractivity contribution in [1.82, 2.24) is 24.4 Å². The Morgan fingerprint density at radius 2 is 1.79 bits per heavy atom. The van der Waals surface area contributed by atoms with E-state index in [9.17, 15) is 0 Å². The summed E-state index contributed by atoms with van der Waals surface area (Å²) in [5.41, 5.74) is 2.48. The molecule has 3 aliphatic rings. The van der Waals surface area contributed by atoms with E-state index in [1.807, 2.05) is 24.5 Å². The lowest BCUT2D eigenvalue weighted by molar-refractivity contribution is 0.0114. The maximum absolute atomic E-state index is 5.54. The predicted molar refractivity (Wildman–Crippen MR) is 129 cm³/mol. The van der Waals surface area contributed by atoms with Crippen LogP contribution < -0.4 is 19.7 Å². The summed E-state index contributed by atoms with van der Waals surface area (Å²) in [5, 5.41) is 3.46. The van der Waals surface area contributed by atoms with Crippen LogP contribution in [0.25, 0.3) is 11.2 Å². The van der Waals surface area contributed by atoms with E-state index >= 15 is 0 Å². The minimum absolute atomic E-state index is 0.248. The van der Waals surface area contributed by atoms with Crippen molar-refractivity contribution < 1.29 is 14.2 Å². The molecule has 0 atom stereocenters. The lowest BCUT2D eigenvalue weighted by atomic mass is 10.0. The average Bonchev–Trinajstić information content (AvgIpc) is 3.51. The number of nitrogens with one attached hydrogen (secondary N) is 1. The van der Waals surface area contributed by atoms with Crippen LogP contribution in [-0.2, 0) is 4.74 Å². The van der Waals surface area contributed by atoms with Crippen molar-refractivity contribution in [2.75, 3.05) is 56.4 Å². The second-order valence-electron chi connectivity index (χ2n) is 9.35.